The number of carbonyl (C=O) groups excluding carboxylic acids is 3. The molecule has 5 N–H and O–H groups in total. The zero-order valence-electron chi connectivity index (χ0n) is 14.0. The smallest absolute Gasteiger partial charge is 0.319 e. The third-order valence-corrected chi connectivity index (χ3v) is 3.14. The molecular weight excluding hydrogens is 314 g/mol. The lowest BCUT2D eigenvalue weighted by atomic mass is 9.96. The van der Waals surface area contributed by atoms with E-state index in [4.69, 9.17) is 5.73 Å². The van der Waals surface area contributed by atoms with Crippen LogP contribution in [0.25, 0.3) is 0 Å². The molecule has 1 rings (SSSR count). The molecule has 1 aromatic rings. The predicted octanol–water partition coefficient (Wildman–Crippen LogP) is -0.778. The van der Waals surface area contributed by atoms with Crippen LogP contribution in [-0.2, 0) is 9.59 Å². The highest BCUT2D eigenvalue weighted by molar-refractivity contribution is 6.32. The van der Waals surface area contributed by atoms with Crippen molar-refractivity contribution in [1.82, 2.24) is 10.6 Å². The van der Waals surface area contributed by atoms with E-state index in [0.717, 1.165) is 5.46 Å². The van der Waals surface area contributed by atoms with Gasteiger partial charge in [-0.3, -0.25) is 9.59 Å². The Labute approximate surface area is 141 Å². The molecule has 0 aliphatic carbocycles. The molecular formula is C15H22BFN4O3. The molecule has 0 fully saturated rings. The van der Waals surface area contributed by atoms with Crippen LogP contribution in [0, 0.1) is 11.7 Å². The lowest BCUT2D eigenvalue weighted by molar-refractivity contribution is -0.126. The van der Waals surface area contributed by atoms with E-state index in [9.17, 15) is 18.8 Å². The third-order valence-electron chi connectivity index (χ3n) is 3.14. The Hall–Kier alpha value is -2.58. The molecule has 1 atom stereocenters. The fourth-order valence-corrected chi connectivity index (χ4v) is 2.04. The van der Waals surface area contributed by atoms with Gasteiger partial charge in [0.15, 0.2) is 0 Å². The van der Waals surface area contributed by atoms with Gasteiger partial charge < -0.3 is 21.7 Å². The predicted molar refractivity (Wildman–Crippen MR) is 92.2 cm³/mol. The highest BCUT2D eigenvalue weighted by Crippen LogP contribution is 2.11. The average molecular weight is 336 g/mol. The Morgan fingerprint density at radius 2 is 1.96 bits per heavy atom. The SMILES string of the molecule is Bc1ccc(NC(=O)N[C@@H](CC(C)C)C(=O)NCC(N)=O)c(F)c1. The van der Waals surface area contributed by atoms with E-state index in [1.165, 1.54) is 12.1 Å². The first-order valence-electron chi connectivity index (χ1n) is 7.58. The molecule has 0 aliphatic rings. The van der Waals surface area contributed by atoms with Crippen LogP contribution in [-0.4, -0.2) is 38.3 Å². The summed E-state index contributed by atoms with van der Waals surface area (Å²) in [5.41, 5.74) is 5.72. The minimum absolute atomic E-state index is 0.0129. The van der Waals surface area contributed by atoms with Gasteiger partial charge in [-0.05, 0) is 24.5 Å². The van der Waals surface area contributed by atoms with Gasteiger partial charge >= 0.3 is 6.03 Å². The first kappa shape index (κ1) is 19.5. The highest BCUT2D eigenvalue weighted by Gasteiger charge is 2.22. The summed E-state index contributed by atoms with van der Waals surface area (Å²) >= 11 is 0. The Morgan fingerprint density at radius 1 is 1.29 bits per heavy atom. The number of carbonyl (C=O) groups is 3. The van der Waals surface area contributed by atoms with Crippen LogP contribution in [0.2, 0.25) is 0 Å². The molecule has 1 aromatic carbocycles. The summed E-state index contributed by atoms with van der Waals surface area (Å²) in [5.74, 6) is -1.66. The van der Waals surface area contributed by atoms with Gasteiger partial charge in [-0.25, -0.2) is 9.18 Å². The average Bonchev–Trinajstić information content (AvgIpc) is 2.46. The van der Waals surface area contributed by atoms with Crippen LogP contribution >= 0.6 is 0 Å². The van der Waals surface area contributed by atoms with Crippen LogP contribution in [0.5, 0.6) is 0 Å². The maximum absolute atomic E-state index is 13.8. The van der Waals surface area contributed by atoms with Gasteiger partial charge in [-0.15, -0.1) is 0 Å². The molecule has 0 saturated heterocycles. The lowest BCUT2D eigenvalue weighted by Crippen LogP contribution is -2.50. The van der Waals surface area contributed by atoms with Crippen molar-refractivity contribution < 1.29 is 18.8 Å². The third kappa shape index (κ3) is 6.68. The van der Waals surface area contributed by atoms with Crippen molar-refractivity contribution in [2.75, 3.05) is 11.9 Å². The van der Waals surface area contributed by atoms with Gasteiger partial charge in [0.05, 0.1) is 12.2 Å². The van der Waals surface area contributed by atoms with Crippen LogP contribution in [0.15, 0.2) is 18.2 Å². The van der Waals surface area contributed by atoms with Gasteiger partial charge in [0.2, 0.25) is 11.8 Å². The van der Waals surface area contributed by atoms with E-state index in [0.29, 0.717) is 6.42 Å². The topological polar surface area (TPSA) is 113 Å². The molecule has 0 aromatic heterocycles. The Bertz CT molecular complexity index is 625. The van der Waals surface area contributed by atoms with Crippen LogP contribution in [0.4, 0.5) is 14.9 Å². The maximum atomic E-state index is 13.8. The number of primary amides is 1. The number of rotatable bonds is 7. The minimum Gasteiger partial charge on any atom is -0.368 e. The molecule has 130 valence electrons. The second-order valence-electron chi connectivity index (χ2n) is 5.95. The number of halogens is 1. The Kier molecular flexibility index (Phi) is 7.22. The van der Waals surface area contributed by atoms with Crippen molar-refractivity contribution in [2.45, 2.75) is 26.3 Å². The van der Waals surface area contributed by atoms with Crippen molar-refractivity contribution in [2.24, 2.45) is 11.7 Å². The molecule has 7 nitrogen and oxygen atoms in total. The maximum Gasteiger partial charge on any atom is 0.319 e. The van der Waals surface area contributed by atoms with E-state index in [1.807, 2.05) is 13.8 Å². The fraction of sp³-hybridized carbons (Fsp3) is 0.400. The molecule has 0 saturated carbocycles. The quantitative estimate of drug-likeness (QED) is 0.490. The molecule has 0 bridgehead atoms. The normalized spacial score (nSPS) is 11.7. The number of hydrogen-bond donors (Lipinski definition) is 4. The second kappa shape index (κ2) is 8.90. The lowest BCUT2D eigenvalue weighted by Gasteiger charge is -2.20. The second-order valence-corrected chi connectivity index (χ2v) is 5.95. The summed E-state index contributed by atoms with van der Waals surface area (Å²) in [7, 11) is 1.73. The number of amides is 4. The number of nitrogens with one attached hydrogen (secondary N) is 3. The molecule has 0 aliphatic heterocycles. The van der Waals surface area contributed by atoms with Gasteiger partial charge in [-0.2, -0.15) is 0 Å². The standard InChI is InChI=1S/C15H22BFN4O3/c1-8(2)5-12(14(23)19-7-13(18)22)21-15(24)20-11-4-3-9(16)6-10(11)17/h3-4,6,8,12H,5,7,16H2,1-2H3,(H2,18,22)(H,19,23)(H2,20,21,24)/t12-/m0/s1. The number of urea groups is 1. The number of benzene rings is 1. The van der Waals surface area contributed by atoms with Gasteiger partial charge in [0, 0.05) is 0 Å². The summed E-state index contributed by atoms with van der Waals surface area (Å²) in [5, 5.41) is 7.19. The van der Waals surface area contributed by atoms with E-state index in [1.54, 1.807) is 13.9 Å². The van der Waals surface area contributed by atoms with Crippen molar-refractivity contribution >= 4 is 36.8 Å². The molecule has 24 heavy (non-hydrogen) atoms. The zero-order chi connectivity index (χ0) is 18.3. The summed E-state index contributed by atoms with van der Waals surface area (Å²) in [6, 6.07) is 2.81. The Morgan fingerprint density at radius 3 is 2.50 bits per heavy atom. The molecule has 9 heteroatoms. The van der Waals surface area contributed by atoms with Gasteiger partial charge in [0.25, 0.3) is 0 Å². The van der Waals surface area contributed by atoms with E-state index >= 15 is 0 Å². The summed E-state index contributed by atoms with van der Waals surface area (Å²) in [6.45, 7) is 3.45. The minimum atomic E-state index is -0.863. The van der Waals surface area contributed by atoms with Crippen LogP contribution in [0.1, 0.15) is 20.3 Å². The van der Waals surface area contributed by atoms with Gasteiger partial charge in [-0.1, -0.05) is 25.4 Å². The highest BCUT2D eigenvalue weighted by atomic mass is 19.1. The molecule has 0 spiro atoms. The summed E-state index contributed by atoms with van der Waals surface area (Å²) in [4.78, 5) is 34.8. The monoisotopic (exact) mass is 336 g/mol. The molecule has 4 amide bonds. The first-order chi connectivity index (χ1) is 11.2. The largest absolute Gasteiger partial charge is 0.368 e. The molecule has 0 radical (unpaired) electrons. The number of nitrogens with two attached hydrogens (primary N) is 1. The van der Waals surface area contributed by atoms with E-state index in [2.05, 4.69) is 16.0 Å². The van der Waals surface area contributed by atoms with Crippen molar-refractivity contribution in [3.8, 4) is 0 Å². The molecule has 0 unspecified atom stereocenters. The molecule has 0 heterocycles. The first-order valence-corrected chi connectivity index (χ1v) is 7.58. The number of anilines is 1. The number of hydrogen-bond acceptors (Lipinski definition) is 3. The Balaban J connectivity index is 2.72. The zero-order valence-corrected chi connectivity index (χ0v) is 14.0. The van der Waals surface area contributed by atoms with Crippen LogP contribution in [0.3, 0.4) is 0 Å². The van der Waals surface area contributed by atoms with Crippen molar-refractivity contribution in [1.29, 1.82) is 0 Å². The van der Waals surface area contributed by atoms with Crippen molar-refractivity contribution in [3.05, 3.63) is 24.0 Å². The van der Waals surface area contributed by atoms with Gasteiger partial charge in [0.1, 0.15) is 19.7 Å². The van der Waals surface area contributed by atoms with Crippen LogP contribution < -0.4 is 27.1 Å². The van der Waals surface area contributed by atoms with E-state index in [-0.39, 0.29) is 18.2 Å². The summed E-state index contributed by atoms with van der Waals surface area (Å²) in [6.07, 6.45) is 0.356. The van der Waals surface area contributed by atoms with Crippen molar-refractivity contribution in [3.63, 3.8) is 0 Å². The van der Waals surface area contributed by atoms with E-state index < -0.39 is 29.7 Å². The fourth-order valence-electron chi connectivity index (χ4n) is 2.04. The summed E-state index contributed by atoms with van der Waals surface area (Å²) < 4.78 is 13.8.